The first-order valence-corrected chi connectivity index (χ1v) is 9.18. The lowest BCUT2D eigenvalue weighted by Gasteiger charge is -2.18. The van der Waals surface area contributed by atoms with E-state index in [1.54, 1.807) is 11.8 Å². The van der Waals surface area contributed by atoms with Crippen LogP contribution in [-0.2, 0) is 6.54 Å². The highest BCUT2D eigenvalue weighted by molar-refractivity contribution is 8.00. The van der Waals surface area contributed by atoms with Crippen molar-refractivity contribution < 1.29 is 0 Å². The lowest BCUT2D eigenvalue weighted by Crippen LogP contribution is -2.27. The molecule has 0 unspecified atom stereocenters. The van der Waals surface area contributed by atoms with Crippen LogP contribution in [0.3, 0.4) is 0 Å². The molecule has 3 aromatic rings. The second-order valence-electron chi connectivity index (χ2n) is 5.95. The van der Waals surface area contributed by atoms with Gasteiger partial charge in [-0.1, -0.05) is 25.6 Å². The summed E-state index contributed by atoms with van der Waals surface area (Å²) in [4.78, 5) is 8.90. The van der Waals surface area contributed by atoms with Gasteiger partial charge in [-0.2, -0.15) is 5.10 Å². The summed E-state index contributed by atoms with van der Waals surface area (Å²) in [5.74, 6) is 0. The molecule has 0 saturated carbocycles. The van der Waals surface area contributed by atoms with Crippen molar-refractivity contribution in [3.63, 3.8) is 0 Å². The number of benzene rings is 1. The summed E-state index contributed by atoms with van der Waals surface area (Å²) in [7, 11) is 0. The highest BCUT2D eigenvalue weighted by Crippen LogP contribution is 2.49. The molecule has 5 nitrogen and oxygen atoms in total. The fourth-order valence-electron chi connectivity index (χ4n) is 3.27. The molecule has 0 bridgehead atoms. The monoisotopic (exact) mass is 339 g/mol. The zero-order valence-electron chi connectivity index (χ0n) is 14.0. The van der Waals surface area contributed by atoms with Gasteiger partial charge in [-0.25, -0.2) is 0 Å². The number of rotatable bonds is 5. The topological polar surface area (TPSA) is 60.0 Å². The van der Waals surface area contributed by atoms with Gasteiger partial charge in [0.1, 0.15) is 5.69 Å². The molecule has 0 spiro atoms. The molecule has 1 aromatic carbocycles. The molecule has 2 N–H and O–H groups in total. The number of likely N-dealkylation sites (N-methyl/N-ethyl adjacent to an activating group) is 1. The summed E-state index contributed by atoms with van der Waals surface area (Å²) in [5.41, 5.74) is 10.4. The van der Waals surface area contributed by atoms with Crippen molar-refractivity contribution in [1.82, 2.24) is 19.7 Å². The first-order valence-electron chi connectivity index (χ1n) is 8.36. The zero-order valence-corrected chi connectivity index (χ0v) is 14.8. The molecule has 0 radical (unpaired) electrons. The summed E-state index contributed by atoms with van der Waals surface area (Å²) in [5, 5.41) is 6.12. The third-order valence-corrected chi connectivity index (χ3v) is 5.87. The molecule has 24 heavy (non-hydrogen) atoms. The lowest BCUT2D eigenvalue weighted by atomic mass is 10.1. The Balaban J connectivity index is 1.84. The Morgan fingerprint density at radius 3 is 2.83 bits per heavy atom. The predicted molar refractivity (Wildman–Crippen MR) is 99.3 cm³/mol. The molecule has 2 aromatic heterocycles. The number of pyridine rings is 1. The Morgan fingerprint density at radius 1 is 1.21 bits per heavy atom. The van der Waals surface area contributed by atoms with Gasteiger partial charge in [0.2, 0.25) is 0 Å². The van der Waals surface area contributed by atoms with Gasteiger partial charge < -0.3 is 10.6 Å². The van der Waals surface area contributed by atoms with E-state index < -0.39 is 0 Å². The molecule has 0 saturated heterocycles. The first kappa shape index (κ1) is 15.5. The van der Waals surface area contributed by atoms with E-state index in [0.717, 1.165) is 58.4 Å². The second kappa shape index (κ2) is 6.11. The first-order chi connectivity index (χ1) is 11.7. The minimum atomic E-state index is 0.812. The van der Waals surface area contributed by atoms with Crippen molar-refractivity contribution in [2.75, 3.05) is 25.4 Å². The molecule has 0 amide bonds. The molecule has 0 aliphatic carbocycles. The third-order valence-electron chi connectivity index (χ3n) is 4.68. The van der Waals surface area contributed by atoms with Gasteiger partial charge in [0.25, 0.3) is 0 Å². The fraction of sp³-hybridized carbons (Fsp3) is 0.333. The predicted octanol–water partition coefficient (Wildman–Crippen LogP) is 3.49. The van der Waals surface area contributed by atoms with E-state index in [-0.39, 0.29) is 0 Å². The van der Waals surface area contributed by atoms with Crippen molar-refractivity contribution in [3.8, 4) is 11.3 Å². The normalized spacial score (nSPS) is 12.8. The Labute approximate surface area is 145 Å². The molecular formula is C18H21N5S. The summed E-state index contributed by atoms with van der Waals surface area (Å²) in [6.07, 6.45) is 3.73. The quantitative estimate of drug-likeness (QED) is 0.564. The maximum atomic E-state index is 6.25. The smallest absolute Gasteiger partial charge is 0.103 e. The summed E-state index contributed by atoms with van der Waals surface area (Å²) >= 11 is 1.70. The van der Waals surface area contributed by atoms with Crippen LogP contribution in [0, 0.1) is 0 Å². The zero-order chi connectivity index (χ0) is 16.7. The summed E-state index contributed by atoms with van der Waals surface area (Å²) in [6, 6.07) is 6.13. The fourth-order valence-corrected chi connectivity index (χ4v) is 4.37. The van der Waals surface area contributed by atoms with Crippen molar-refractivity contribution in [3.05, 3.63) is 30.6 Å². The minimum Gasteiger partial charge on any atom is -0.398 e. The van der Waals surface area contributed by atoms with Crippen molar-refractivity contribution in [2.45, 2.75) is 30.2 Å². The average molecular weight is 339 g/mol. The van der Waals surface area contributed by atoms with E-state index in [4.69, 9.17) is 10.8 Å². The van der Waals surface area contributed by atoms with Gasteiger partial charge in [-0.3, -0.25) is 9.67 Å². The van der Waals surface area contributed by atoms with E-state index >= 15 is 0 Å². The van der Waals surface area contributed by atoms with Crippen LogP contribution in [0.15, 0.2) is 40.4 Å². The van der Waals surface area contributed by atoms with E-state index in [9.17, 15) is 0 Å². The van der Waals surface area contributed by atoms with Gasteiger partial charge in [-0.05, 0) is 31.3 Å². The van der Waals surface area contributed by atoms with Gasteiger partial charge in [0.15, 0.2) is 0 Å². The Hall–Kier alpha value is -2.05. The standard InChI is InChI=1S/C18H21N5S/c1-3-22(4-2)9-10-23-14-6-5-13(19)18-16(14)17(21-23)12-7-8-20-11-15(12)24-18/h5-8,11H,3-4,9-10,19H2,1-2H3. The van der Waals surface area contributed by atoms with Crippen LogP contribution >= 0.6 is 11.8 Å². The van der Waals surface area contributed by atoms with Crippen LogP contribution in [-0.4, -0.2) is 39.3 Å². The molecule has 3 heterocycles. The number of aromatic nitrogens is 3. The van der Waals surface area contributed by atoms with Crippen LogP contribution in [0.5, 0.6) is 0 Å². The number of hydrogen-bond acceptors (Lipinski definition) is 5. The Bertz CT molecular complexity index is 898. The molecular weight excluding hydrogens is 318 g/mol. The number of nitrogens with zero attached hydrogens (tertiary/aromatic N) is 4. The van der Waals surface area contributed by atoms with E-state index in [2.05, 4.69) is 34.5 Å². The van der Waals surface area contributed by atoms with Crippen LogP contribution in [0.25, 0.3) is 22.2 Å². The molecule has 0 fully saturated rings. The third kappa shape index (κ3) is 2.37. The lowest BCUT2D eigenvalue weighted by molar-refractivity contribution is 0.287. The number of anilines is 1. The van der Waals surface area contributed by atoms with E-state index in [1.807, 2.05) is 24.5 Å². The van der Waals surface area contributed by atoms with Crippen molar-refractivity contribution in [1.29, 1.82) is 0 Å². The van der Waals surface area contributed by atoms with Gasteiger partial charge in [-0.15, -0.1) is 0 Å². The number of nitrogens with two attached hydrogens (primary N) is 1. The number of fused-ring (bicyclic) bond motifs is 2. The Morgan fingerprint density at radius 2 is 2.04 bits per heavy atom. The second-order valence-corrected chi connectivity index (χ2v) is 7.00. The maximum Gasteiger partial charge on any atom is 0.103 e. The van der Waals surface area contributed by atoms with E-state index in [1.165, 1.54) is 5.39 Å². The highest BCUT2D eigenvalue weighted by Gasteiger charge is 2.25. The summed E-state index contributed by atoms with van der Waals surface area (Å²) < 4.78 is 2.13. The number of nitrogen functional groups attached to an aromatic ring is 1. The van der Waals surface area contributed by atoms with Crippen molar-refractivity contribution >= 4 is 28.4 Å². The Kier molecular flexibility index (Phi) is 3.94. The molecule has 124 valence electrons. The van der Waals surface area contributed by atoms with E-state index in [0.29, 0.717) is 0 Å². The van der Waals surface area contributed by atoms with Crippen LogP contribution in [0.4, 0.5) is 5.69 Å². The number of hydrogen-bond donors (Lipinski definition) is 1. The molecule has 1 aliphatic heterocycles. The van der Waals surface area contributed by atoms with Crippen LogP contribution < -0.4 is 5.73 Å². The average Bonchev–Trinajstić information content (AvgIpc) is 2.99. The van der Waals surface area contributed by atoms with Crippen molar-refractivity contribution in [2.24, 2.45) is 0 Å². The van der Waals surface area contributed by atoms with Crippen LogP contribution in [0.1, 0.15) is 13.8 Å². The van der Waals surface area contributed by atoms with Gasteiger partial charge in [0, 0.05) is 45.4 Å². The molecule has 1 aliphatic rings. The van der Waals surface area contributed by atoms with Gasteiger partial charge in [0.05, 0.1) is 12.1 Å². The highest BCUT2D eigenvalue weighted by atomic mass is 32.2. The maximum absolute atomic E-state index is 6.25. The molecule has 6 heteroatoms. The molecule has 4 rings (SSSR count). The van der Waals surface area contributed by atoms with Gasteiger partial charge >= 0.3 is 0 Å². The van der Waals surface area contributed by atoms with Crippen LogP contribution in [0.2, 0.25) is 0 Å². The molecule has 0 atom stereocenters. The summed E-state index contributed by atoms with van der Waals surface area (Å²) in [6.45, 7) is 8.40. The largest absolute Gasteiger partial charge is 0.398 e. The minimum absolute atomic E-state index is 0.812. The SMILES string of the molecule is CCN(CC)CCn1nc2c3c(c(N)ccc31)Sc1cnccc1-2.